The minimum atomic E-state index is -2.46. The van der Waals surface area contributed by atoms with Crippen molar-refractivity contribution in [3.63, 3.8) is 0 Å². The molecule has 0 aliphatic rings. The number of alkyl halides is 1. The van der Waals surface area contributed by atoms with Gasteiger partial charge in [-0.2, -0.15) is 0 Å². The van der Waals surface area contributed by atoms with Crippen LogP contribution < -0.4 is 0 Å². The molecule has 0 saturated carbocycles. The SMILES string of the molecule is CCC(Br)(CC)CO[P+](=O)O. The van der Waals surface area contributed by atoms with Crippen molar-refractivity contribution in [2.24, 2.45) is 0 Å². The predicted octanol–water partition coefficient (Wildman–Crippen LogP) is 2.61. The molecule has 0 aliphatic carbocycles. The molecule has 0 radical (unpaired) electrons. The van der Waals surface area contributed by atoms with Gasteiger partial charge in [-0.15, -0.1) is 9.42 Å². The zero-order valence-electron chi connectivity index (χ0n) is 6.71. The molecule has 0 heterocycles. The summed E-state index contributed by atoms with van der Waals surface area (Å²) in [7, 11) is -2.46. The van der Waals surface area contributed by atoms with Crippen molar-refractivity contribution in [2.45, 2.75) is 31.0 Å². The molecular formula is C6H13BrO3P+. The molecule has 1 N–H and O–H groups in total. The zero-order chi connectivity index (χ0) is 8.91. The van der Waals surface area contributed by atoms with Gasteiger partial charge in [0, 0.05) is 4.57 Å². The maximum absolute atomic E-state index is 10.2. The molecule has 0 fully saturated rings. The van der Waals surface area contributed by atoms with E-state index in [1.165, 1.54) is 0 Å². The van der Waals surface area contributed by atoms with Crippen LogP contribution in [0.5, 0.6) is 0 Å². The van der Waals surface area contributed by atoms with E-state index in [2.05, 4.69) is 20.5 Å². The lowest BCUT2D eigenvalue weighted by molar-refractivity contribution is 0.244. The lowest BCUT2D eigenvalue weighted by atomic mass is 10.1. The first-order valence-electron chi connectivity index (χ1n) is 3.52. The summed E-state index contributed by atoms with van der Waals surface area (Å²) in [6.45, 7) is 4.30. The average Bonchev–Trinajstić information content (AvgIpc) is 2.00. The van der Waals surface area contributed by atoms with E-state index in [-0.39, 0.29) is 10.9 Å². The molecule has 1 unspecified atom stereocenters. The summed E-state index contributed by atoms with van der Waals surface area (Å²) in [6.07, 6.45) is 1.76. The Balaban J connectivity index is 3.78. The fourth-order valence-electron chi connectivity index (χ4n) is 0.625. The Morgan fingerprint density at radius 2 is 2.00 bits per heavy atom. The summed E-state index contributed by atoms with van der Waals surface area (Å²) in [4.78, 5) is 8.37. The number of rotatable bonds is 5. The molecule has 11 heavy (non-hydrogen) atoms. The van der Waals surface area contributed by atoms with E-state index >= 15 is 0 Å². The Hall–Kier alpha value is 0.500. The predicted molar refractivity (Wildman–Crippen MR) is 48.0 cm³/mol. The van der Waals surface area contributed by atoms with Gasteiger partial charge in [-0.1, -0.05) is 29.8 Å². The Labute approximate surface area is 76.2 Å². The summed E-state index contributed by atoms with van der Waals surface area (Å²) < 4.78 is 14.7. The molecule has 5 heteroatoms. The van der Waals surface area contributed by atoms with Gasteiger partial charge in [0.2, 0.25) is 0 Å². The second kappa shape index (κ2) is 5.20. The average molecular weight is 244 g/mol. The first-order valence-corrected chi connectivity index (χ1v) is 5.44. The van der Waals surface area contributed by atoms with Crippen LogP contribution in [0.15, 0.2) is 0 Å². The molecule has 1 atom stereocenters. The quantitative estimate of drug-likeness (QED) is 0.597. The van der Waals surface area contributed by atoms with E-state index in [1.54, 1.807) is 0 Å². The number of hydrogen-bond acceptors (Lipinski definition) is 2. The van der Waals surface area contributed by atoms with E-state index in [1.807, 2.05) is 13.8 Å². The Bertz CT molecular complexity index is 136. The van der Waals surface area contributed by atoms with Crippen molar-refractivity contribution in [2.75, 3.05) is 6.61 Å². The van der Waals surface area contributed by atoms with Crippen molar-refractivity contribution in [3.8, 4) is 0 Å². The van der Waals surface area contributed by atoms with E-state index in [9.17, 15) is 4.57 Å². The third-order valence-corrected chi connectivity index (χ3v) is 3.40. The van der Waals surface area contributed by atoms with Crippen LogP contribution in [0.2, 0.25) is 0 Å². The molecule has 0 rings (SSSR count). The zero-order valence-corrected chi connectivity index (χ0v) is 9.19. The summed E-state index contributed by atoms with van der Waals surface area (Å²) in [5, 5.41) is 0. The van der Waals surface area contributed by atoms with Gasteiger partial charge < -0.3 is 0 Å². The maximum Gasteiger partial charge on any atom is 0.694 e. The normalized spacial score (nSPS) is 13.3. The van der Waals surface area contributed by atoms with Crippen LogP contribution in [0.1, 0.15) is 26.7 Å². The smallest absolute Gasteiger partial charge is 0.133 e. The highest BCUT2D eigenvalue weighted by atomic mass is 79.9. The third kappa shape index (κ3) is 4.86. The molecule has 0 aromatic carbocycles. The van der Waals surface area contributed by atoms with Crippen LogP contribution in [0.25, 0.3) is 0 Å². The van der Waals surface area contributed by atoms with Crippen molar-refractivity contribution in [1.82, 2.24) is 0 Å². The molecule has 0 saturated heterocycles. The van der Waals surface area contributed by atoms with Gasteiger partial charge in [0.1, 0.15) is 6.61 Å². The molecule has 0 amide bonds. The Morgan fingerprint density at radius 1 is 1.55 bits per heavy atom. The van der Waals surface area contributed by atoms with E-state index in [4.69, 9.17) is 4.89 Å². The van der Waals surface area contributed by atoms with Gasteiger partial charge in [0.15, 0.2) is 0 Å². The Kier molecular flexibility index (Phi) is 5.44. The lowest BCUT2D eigenvalue weighted by Crippen LogP contribution is -2.23. The molecule has 0 spiro atoms. The topological polar surface area (TPSA) is 46.5 Å². The Morgan fingerprint density at radius 3 is 2.27 bits per heavy atom. The van der Waals surface area contributed by atoms with Crippen LogP contribution >= 0.6 is 24.2 Å². The molecule has 0 aromatic rings. The number of hydrogen-bond donors (Lipinski definition) is 1. The maximum atomic E-state index is 10.2. The minimum absolute atomic E-state index is 0.138. The van der Waals surface area contributed by atoms with Crippen molar-refractivity contribution >= 4 is 24.2 Å². The van der Waals surface area contributed by atoms with Crippen LogP contribution in [-0.4, -0.2) is 15.8 Å². The van der Waals surface area contributed by atoms with Crippen LogP contribution in [0.4, 0.5) is 0 Å². The molecular weight excluding hydrogens is 231 g/mol. The highest BCUT2D eigenvalue weighted by Gasteiger charge is 2.27. The fourth-order valence-corrected chi connectivity index (χ4v) is 1.27. The van der Waals surface area contributed by atoms with Crippen LogP contribution in [0, 0.1) is 0 Å². The van der Waals surface area contributed by atoms with Crippen molar-refractivity contribution < 1.29 is 14.0 Å². The summed E-state index contributed by atoms with van der Waals surface area (Å²) in [5.41, 5.74) is 0. The lowest BCUT2D eigenvalue weighted by Gasteiger charge is -2.19. The third-order valence-electron chi connectivity index (χ3n) is 1.70. The second-order valence-electron chi connectivity index (χ2n) is 2.37. The number of halogens is 1. The second-order valence-corrected chi connectivity index (χ2v) is 4.79. The van der Waals surface area contributed by atoms with E-state index in [0.717, 1.165) is 12.8 Å². The summed E-state index contributed by atoms with van der Waals surface area (Å²) in [5.74, 6) is 0. The molecule has 0 bridgehead atoms. The van der Waals surface area contributed by atoms with Gasteiger partial charge in [-0.05, 0) is 12.8 Å². The van der Waals surface area contributed by atoms with Gasteiger partial charge in [0.05, 0.1) is 4.32 Å². The van der Waals surface area contributed by atoms with E-state index in [0.29, 0.717) is 0 Å². The van der Waals surface area contributed by atoms with Gasteiger partial charge in [-0.3, -0.25) is 0 Å². The van der Waals surface area contributed by atoms with Crippen molar-refractivity contribution in [1.29, 1.82) is 0 Å². The monoisotopic (exact) mass is 243 g/mol. The minimum Gasteiger partial charge on any atom is -0.133 e. The van der Waals surface area contributed by atoms with Gasteiger partial charge in [-0.25, -0.2) is 0 Å². The van der Waals surface area contributed by atoms with Gasteiger partial charge in [0.25, 0.3) is 0 Å². The molecule has 3 nitrogen and oxygen atoms in total. The molecule has 0 aromatic heterocycles. The summed E-state index contributed by atoms with van der Waals surface area (Å²) in [6, 6.07) is 0. The van der Waals surface area contributed by atoms with Crippen LogP contribution in [-0.2, 0) is 9.09 Å². The molecule has 0 aliphatic heterocycles. The van der Waals surface area contributed by atoms with E-state index < -0.39 is 8.25 Å². The van der Waals surface area contributed by atoms with Crippen molar-refractivity contribution in [3.05, 3.63) is 0 Å². The standard InChI is InChI=1S/C6H12BrO3P/c1-3-6(7,4-2)5-10-11(8)9/h3-5H2,1-2H3/p+1. The fraction of sp³-hybridized carbons (Fsp3) is 1.00. The first-order chi connectivity index (χ1) is 5.04. The highest BCUT2D eigenvalue weighted by Crippen LogP contribution is 2.30. The largest absolute Gasteiger partial charge is 0.694 e. The summed E-state index contributed by atoms with van der Waals surface area (Å²) >= 11 is 3.45. The van der Waals surface area contributed by atoms with Crippen LogP contribution in [0.3, 0.4) is 0 Å². The molecule has 66 valence electrons. The first kappa shape index (κ1) is 11.5. The van der Waals surface area contributed by atoms with Gasteiger partial charge >= 0.3 is 8.25 Å². The highest BCUT2D eigenvalue weighted by molar-refractivity contribution is 9.10.